The number of hydrogen-bond acceptors (Lipinski definition) is 5. The van der Waals surface area contributed by atoms with Crippen LogP contribution in [-0.4, -0.2) is 40.4 Å². The van der Waals surface area contributed by atoms with Crippen LogP contribution < -0.4 is 19.7 Å². The van der Waals surface area contributed by atoms with E-state index < -0.39 is 22.5 Å². The number of anilines is 2. The highest BCUT2D eigenvalue weighted by Crippen LogP contribution is 2.26. The number of methoxy groups -OCH3 is 1. The van der Waals surface area contributed by atoms with E-state index in [2.05, 4.69) is 10.6 Å². The fraction of sp³-hybridized carbons (Fsp3) is 0.200. The molecule has 0 aromatic heterocycles. The van der Waals surface area contributed by atoms with Gasteiger partial charge in [-0.15, -0.1) is 0 Å². The first-order chi connectivity index (χ1) is 16.3. The van der Waals surface area contributed by atoms with Crippen molar-refractivity contribution >= 4 is 33.2 Å². The Morgan fingerprint density at radius 2 is 1.56 bits per heavy atom. The lowest BCUT2D eigenvalue weighted by atomic mass is 10.1. The van der Waals surface area contributed by atoms with Crippen molar-refractivity contribution in [3.63, 3.8) is 0 Å². The third-order valence-corrected chi connectivity index (χ3v) is 6.78. The number of carbonyl (C=O) groups excluding carboxylic acids is 2. The first-order valence-electron chi connectivity index (χ1n) is 10.6. The lowest BCUT2D eigenvalue weighted by Gasteiger charge is -2.24. The fourth-order valence-corrected chi connectivity index (χ4v) is 4.70. The minimum absolute atomic E-state index is 0.00509. The molecule has 0 aliphatic heterocycles. The van der Waals surface area contributed by atoms with Gasteiger partial charge < -0.3 is 15.4 Å². The van der Waals surface area contributed by atoms with Gasteiger partial charge in [0.25, 0.3) is 10.0 Å². The number of nitrogens with one attached hydrogen (secondary N) is 2. The number of benzene rings is 3. The second-order valence-electron chi connectivity index (χ2n) is 7.50. The van der Waals surface area contributed by atoms with Crippen molar-refractivity contribution in [3.05, 3.63) is 84.4 Å². The number of rotatable bonds is 10. The molecular weight excluding hydrogens is 454 g/mol. The van der Waals surface area contributed by atoms with Crippen LogP contribution in [0.1, 0.15) is 12.5 Å². The summed E-state index contributed by atoms with van der Waals surface area (Å²) in [5, 5.41) is 5.39. The van der Waals surface area contributed by atoms with E-state index in [1.165, 1.54) is 38.3 Å². The van der Waals surface area contributed by atoms with E-state index in [0.29, 0.717) is 30.1 Å². The van der Waals surface area contributed by atoms with Gasteiger partial charge in [0.2, 0.25) is 11.8 Å². The van der Waals surface area contributed by atoms with Crippen LogP contribution in [0.2, 0.25) is 0 Å². The Labute approximate surface area is 199 Å². The van der Waals surface area contributed by atoms with Crippen molar-refractivity contribution in [2.24, 2.45) is 0 Å². The summed E-state index contributed by atoms with van der Waals surface area (Å²) in [6, 6.07) is 21.9. The summed E-state index contributed by atoms with van der Waals surface area (Å²) in [4.78, 5) is 23.9. The molecule has 3 rings (SSSR count). The van der Waals surface area contributed by atoms with Crippen LogP contribution in [-0.2, 0) is 26.0 Å². The van der Waals surface area contributed by atoms with Crippen LogP contribution in [0.25, 0.3) is 0 Å². The van der Waals surface area contributed by atoms with E-state index in [0.717, 1.165) is 9.87 Å². The largest absolute Gasteiger partial charge is 0.497 e. The minimum atomic E-state index is -4.07. The van der Waals surface area contributed by atoms with Gasteiger partial charge >= 0.3 is 0 Å². The molecule has 8 nitrogen and oxygen atoms in total. The molecule has 34 heavy (non-hydrogen) atoms. The molecule has 0 aliphatic carbocycles. The summed E-state index contributed by atoms with van der Waals surface area (Å²) in [6.07, 6.45) is 0.631. The van der Waals surface area contributed by atoms with Crippen LogP contribution in [0, 0.1) is 0 Å². The Morgan fingerprint density at radius 1 is 0.912 bits per heavy atom. The molecule has 0 spiro atoms. The Hall–Kier alpha value is -3.85. The molecule has 0 saturated carbocycles. The van der Waals surface area contributed by atoms with Gasteiger partial charge in [0.15, 0.2) is 0 Å². The standard InChI is InChI=1S/C25H27N3O5S/c1-19(29)27-21-8-14-24(15-9-21)34(31,32)28(22-10-12-23(33-2)13-11-22)18-25(30)26-17-16-20-6-4-3-5-7-20/h3-15H,16-18H2,1-2H3,(H,26,30)(H,27,29). The molecule has 0 bridgehead atoms. The SMILES string of the molecule is COc1ccc(N(CC(=O)NCCc2ccccc2)S(=O)(=O)c2ccc(NC(C)=O)cc2)cc1. The number of sulfonamides is 1. The third kappa shape index (κ3) is 6.58. The summed E-state index contributed by atoms with van der Waals surface area (Å²) < 4.78 is 33.2. The van der Waals surface area contributed by atoms with E-state index in [-0.39, 0.29) is 10.8 Å². The van der Waals surface area contributed by atoms with E-state index in [1.54, 1.807) is 24.3 Å². The van der Waals surface area contributed by atoms with Crippen molar-refractivity contribution in [3.8, 4) is 5.75 Å². The zero-order valence-electron chi connectivity index (χ0n) is 19.0. The van der Waals surface area contributed by atoms with E-state index >= 15 is 0 Å². The molecule has 178 valence electrons. The fourth-order valence-electron chi connectivity index (χ4n) is 3.28. The number of nitrogens with zero attached hydrogens (tertiary/aromatic N) is 1. The van der Waals surface area contributed by atoms with Gasteiger partial charge in [-0.2, -0.15) is 0 Å². The molecule has 0 atom stereocenters. The molecule has 3 aromatic rings. The lowest BCUT2D eigenvalue weighted by molar-refractivity contribution is -0.119. The smallest absolute Gasteiger partial charge is 0.264 e. The van der Waals surface area contributed by atoms with Crippen molar-refractivity contribution in [1.82, 2.24) is 5.32 Å². The number of carbonyl (C=O) groups is 2. The van der Waals surface area contributed by atoms with Gasteiger partial charge in [-0.1, -0.05) is 30.3 Å². The van der Waals surface area contributed by atoms with Crippen molar-refractivity contribution < 1.29 is 22.7 Å². The van der Waals surface area contributed by atoms with Crippen LogP contribution in [0.3, 0.4) is 0 Å². The molecular formula is C25H27N3O5S. The highest BCUT2D eigenvalue weighted by molar-refractivity contribution is 7.92. The van der Waals surface area contributed by atoms with Gasteiger partial charge in [0.05, 0.1) is 17.7 Å². The predicted octanol–water partition coefficient (Wildman–Crippen LogP) is 3.21. The molecule has 0 unspecified atom stereocenters. The molecule has 2 N–H and O–H groups in total. The molecule has 9 heteroatoms. The predicted molar refractivity (Wildman–Crippen MR) is 131 cm³/mol. The van der Waals surface area contributed by atoms with Crippen molar-refractivity contribution in [2.45, 2.75) is 18.2 Å². The maximum Gasteiger partial charge on any atom is 0.264 e. The van der Waals surface area contributed by atoms with Crippen LogP contribution in [0.4, 0.5) is 11.4 Å². The average molecular weight is 482 g/mol. The van der Waals surface area contributed by atoms with Gasteiger partial charge in [-0.25, -0.2) is 8.42 Å². The van der Waals surface area contributed by atoms with Gasteiger partial charge in [0.1, 0.15) is 12.3 Å². The highest BCUT2D eigenvalue weighted by atomic mass is 32.2. The molecule has 0 saturated heterocycles. The van der Waals surface area contributed by atoms with E-state index in [4.69, 9.17) is 4.74 Å². The van der Waals surface area contributed by atoms with Crippen LogP contribution in [0.15, 0.2) is 83.8 Å². The number of ether oxygens (including phenoxy) is 1. The zero-order chi connectivity index (χ0) is 24.6. The number of amides is 2. The maximum absolute atomic E-state index is 13.5. The summed E-state index contributed by atoms with van der Waals surface area (Å²) in [7, 11) is -2.56. The first-order valence-corrected chi connectivity index (χ1v) is 12.1. The second kappa shape index (κ2) is 11.3. The summed E-state index contributed by atoms with van der Waals surface area (Å²) in [5.74, 6) is -0.124. The Kier molecular flexibility index (Phi) is 8.26. The molecule has 0 radical (unpaired) electrons. The Morgan fingerprint density at radius 3 is 2.15 bits per heavy atom. The van der Waals surface area contributed by atoms with E-state index in [9.17, 15) is 18.0 Å². The topological polar surface area (TPSA) is 105 Å². The average Bonchev–Trinajstić information content (AvgIpc) is 2.83. The zero-order valence-corrected chi connectivity index (χ0v) is 19.8. The molecule has 0 fully saturated rings. The quantitative estimate of drug-likeness (QED) is 0.463. The van der Waals surface area contributed by atoms with Crippen molar-refractivity contribution in [2.75, 3.05) is 29.8 Å². The van der Waals surface area contributed by atoms with Gasteiger partial charge in [0, 0.05) is 19.2 Å². The minimum Gasteiger partial charge on any atom is -0.497 e. The molecule has 0 aliphatic rings. The first kappa shape index (κ1) is 24.8. The summed E-state index contributed by atoms with van der Waals surface area (Å²) in [5.41, 5.74) is 1.87. The third-order valence-electron chi connectivity index (χ3n) is 4.99. The molecule has 2 amide bonds. The molecule has 0 heterocycles. The van der Waals surface area contributed by atoms with Gasteiger partial charge in [-0.3, -0.25) is 13.9 Å². The summed E-state index contributed by atoms with van der Waals surface area (Å²) in [6.45, 7) is 1.36. The normalized spacial score (nSPS) is 10.9. The van der Waals surface area contributed by atoms with Crippen molar-refractivity contribution in [1.29, 1.82) is 0 Å². The van der Waals surface area contributed by atoms with E-state index in [1.807, 2.05) is 30.3 Å². The highest BCUT2D eigenvalue weighted by Gasteiger charge is 2.27. The van der Waals surface area contributed by atoms with Crippen LogP contribution >= 0.6 is 0 Å². The monoisotopic (exact) mass is 481 g/mol. The maximum atomic E-state index is 13.5. The summed E-state index contributed by atoms with van der Waals surface area (Å²) >= 11 is 0. The lowest BCUT2D eigenvalue weighted by Crippen LogP contribution is -2.41. The number of hydrogen-bond donors (Lipinski definition) is 2. The molecule has 3 aromatic carbocycles. The Bertz CT molecular complexity index is 1210. The second-order valence-corrected chi connectivity index (χ2v) is 9.36. The van der Waals surface area contributed by atoms with Crippen LogP contribution in [0.5, 0.6) is 5.75 Å². The Balaban J connectivity index is 1.80. The van der Waals surface area contributed by atoms with Gasteiger partial charge in [-0.05, 0) is 60.5 Å².